The van der Waals surface area contributed by atoms with Crippen LogP contribution in [0.2, 0.25) is 0 Å². The Bertz CT molecular complexity index is 639. The molecular weight excluding hydrogens is 275 g/mol. The number of nitrogens with zero attached hydrogens (tertiary/aromatic N) is 2. The van der Waals surface area contributed by atoms with Gasteiger partial charge in [0.05, 0.1) is 18.8 Å². The summed E-state index contributed by atoms with van der Waals surface area (Å²) in [6.07, 6.45) is -0.257. The van der Waals surface area contributed by atoms with Crippen molar-refractivity contribution >= 4 is 5.91 Å². The van der Waals surface area contributed by atoms with Gasteiger partial charge in [-0.2, -0.15) is 0 Å². The lowest BCUT2D eigenvalue weighted by atomic mass is 10.1. The van der Waals surface area contributed by atoms with Gasteiger partial charge in [0.15, 0.2) is 0 Å². The summed E-state index contributed by atoms with van der Waals surface area (Å²) in [5.41, 5.74) is 1.52. The summed E-state index contributed by atoms with van der Waals surface area (Å²) < 4.78 is 23.6. The average Bonchev–Trinajstić information content (AvgIpc) is 2.94. The zero-order valence-electron chi connectivity index (χ0n) is 11.6. The molecule has 3 rings (SSSR count). The number of aryl methyl sites for hydroxylation is 1. The molecule has 1 saturated heterocycles. The van der Waals surface area contributed by atoms with E-state index in [-0.39, 0.29) is 23.6 Å². The first-order chi connectivity index (χ1) is 10.1. The first-order valence-corrected chi connectivity index (χ1v) is 6.73. The second kappa shape index (κ2) is 5.65. The summed E-state index contributed by atoms with van der Waals surface area (Å²) >= 11 is 0. The minimum absolute atomic E-state index is 0.203. The van der Waals surface area contributed by atoms with E-state index in [0.29, 0.717) is 25.4 Å². The number of aromatic nitrogens is 1. The van der Waals surface area contributed by atoms with Gasteiger partial charge in [0, 0.05) is 12.6 Å². The van der Waals surface area contributed by atoms with Crippen molar-refractivity contribution in [2.45, 2.75) is 13.0 Å². The summed E-state index contributed by atoms with van der Waals surface area (Å²) in [5, 5.41) is 3.72. The molecular formula is C15H15FN2O3. The summed E-state index contributed by atoms with van der Waals surface area (Å²) in [5.74, 6) is -0.266. The number of ether oxygens (including phenoxy) is 1. The maximum atomic E-state index is 13.0. The molecule has 1 aromatic carbocycles. The second-order valence-corrected chi connectivity index (χ2v) is 4.99. The van der Waals surface area contributed by atoms with Gasteiger partial charge in [0.1, 0.15) is 11.9 Å². The van der Waals surface area contributed by atoms with Crippen molar-refractivity contribution < 1.29 is 18.4 Å². The molecule has 0 unspecified atom stereocenters. The highest BCUT2D eigenvalue weighted by Gasteiger charge is 2.28. The Morgan fingerprint density at radius 3 is 2.81 bits per heavy atom. The van der Waals surface area contributed by atoms with Crippen LogP contribution in [-0.2, 0) is 4.74 Å². The number of morpholine rings is 1. The van der Waals surface area contributed by atoms with Crippen LogP contribution in [0.3, 0.4) is 0 Å². The first kappa shape index (κ1) is 13.8. The molecule has 0 saturated carbocycles. The molecule has 1 atom stereocenters. The molecule has 1 aliphatic rings. The lowest BCUT2D eigenvalue weighted by molar-refractivity contribution is -0.0240. The predicted molar refractivity (Wildman–Crippen MR) is 72.2 cm³/mol. The molecule has 0 bridgehead atoms. The summed E-state index contributed by atoms with van der Waals surface area (Å²) in [4.78, 5) is 14.0. The minimum Gasteiger partial charge on any atom is -0.370 e. The number of hydrogen-bond donors (Lipinski definition) is 0. The standard InChI is InChI=1S/C15H15FN2O3/c1-10-8-13(21-17-10)15(19)18-6-7-20-14(9-18)11-2-4-12(16)5-3-11/h2-5,8,14H,6-7,9H2,1H3/t14-/m1/s1. The number of halogens is 1. The van der Waals surface area contributed by atoms with Gasteiger partial charge in [-0.15, -0.1) is 0 Å². The predicted octanol–water partition coefficient (Wildman–Crippen LogP) is 2.34. The lowest BCUT2D eigenvalue weighted by Crippen LogP contribution is -2.42. The van der Waals surface area contributed by atoms with Gasteiger partial charge in [0.25, 0.3) is 5.91 Å². The molecule has 0 aliphatic carbocycles. The molecule has 1 aromatic heterocycles. The third kappa shape index (κ3) is 2.95. The van der Waals surface area contributed by atoms with Gasteiger partial charge in [-0.3, -0.25) is 4.79 Å². The number of hydrogen-bond acceptors (Lipinski definition) is 4. The molecule has 0 spiro atoms. The largest absolute Gasteiger partial charge is 0.370 e. The van der Waals surface area contributed by atoms with Crippen molar-refractivity contribution in [2.24, 2.45) is 0 Å². The smallest absolute Gasteiger partial charge is 0.292 e. The zero-order valence-corrected chi connectivity index (χ0v) is 11.6. The van der Waals surface area contributed by atoms with Gasteiger partial charge in [0.2, 0.25) is 5.76 Å². The highest BCUT2D eigenvalue weighted by Crippen LogP contribution is 2.23. The fourth-order valence-electron chi connectivity index (χ4n) is 2.33. The Morgan fingerprint density at radius 1 is 1.38 bits per heavy atom. The third-order valence-electron chi connectivity index (χ3n) is 3.43. The van der Waals surface area contributed by atoms with Crippen LogP contribution in [0.5, 0.6) is 0 Å². The molecule has 21 heavy (non-hydrogen) atoms. The Morgan fingerprint density at radius 2 is 2.14 bits per heavy atom. The van der Waals surface area contributed by atoms with E-state index in [1.165, 1.54) is 12.1 Å². The van der Waals surface area contributed by atoms with Crippen molar-refractivity contribution in [1.29, 1.82) is 0 Å². The van der Waals surface area contributed by atoms with Gasteiger partial charge < -0.3 is 14.2 Å². The van der Waals surface area contributed by atoms with Crippen molar-refractivity contribution in [1.82, 2.24) is 10.1 Å². The van der Waals surface area contributed by atoms with Crippen LogP contribution in [0.1, 0.15) is 27.9 Å². The zero-order chi connectivity index (χ0) is 14.8. The Balaban J connectivity index is 1.73. The maximum Gasteiger partial charge on any atom is 0.292 e. The molecule has 5 nitrogen and oxygen atoms in total. The molecule has 6 heteroatoms. The SMILES string of the molecule is Cc1cc(C(=O)N2CCO[C@@H](c3ccc(F)cc3)C2)on1. The van der Waals surface area contributed by atoms with E-state index in [4.69, 9.17) is 9.26 Å². The first-order valence-electron chi connectivity index (χ1n) is 6.73. The molecule has 0 N–H and O–H groups in total. The number of carbonyl (C=O) groups excluding carboxylic acids is 1. The van der Waals surface area contributed by atoms with Crippen LogP contribution in [0.25, 0.3) is 0 Å². The van der Waals surface area contributed by atoms with Crippen LogP contribution < -0.4 is 0 Å². The number of carbonyl (C=O) groups is 1. The molecule has 2 aromatic rings. The van der Waals surface area contributed by atoms with Crippen LogP contribution in [0.4, 0.5) is 4.39 Å². The second-order valence-electron chi connectivity index (χ2n) is 4.99. The van der Waals surface area contributed by atoms with Crippen LogP contribution in [-0.4, -0.2) is 35.7 Å². The topological polar surface area (TPSA) is 55.6 Å². The van der Waals surface area contributed by atoms with E-state index in [0.717, 1.165) is 5.56 Å². The summed E-state index contributed by atoms with van der Waals surface area (Å²) in [6.45, 7) is 3.10. The van der Waals surface area contributed by atoms with Crippen molar-refractivity contribution in [3.05, 3.63) is 53.2 Å². The summed E-state index contributed by atoms with van der Waals surface area (Å²) in [7, 11) is 0. The van der Waals surface area contributed by atoms with Gasteiger partial charge >= 0.3 is 0 Å². The fourth-order valence-corrected chi connectivity index (χ4v) is 2.33. The van der Waals surface area contributed by atoms with E-state index in [1.807, 2.05) is 0 Å². The van der Waals surface area contributed by atoms with Gasteiger partial charge in [-0.25, -0.2) is 4.39 Å². The monoisotopic (exact) mass is 290 g/mol. The van der Waals surface area contributed by atoms with E-state index in [1.54, 1.807) is 30.0 Å². The minimum atomic E-state index is -0.292. The highest BCUT2D eigenvalue weighted by atomic mass is 19.1. The fraction of sp³-hybridized carbons (Fsp3) is 0.333. The normalized spacial score (nSPS) is 18.8. The Hall–Kier alpha value is -2.21. The molecule has 1 amide bonds. The van der Waals surface area contributed by atoms with Crippen molar-refractivity contribution in [3.8, 4) is 0 Å². The maximum absolute atomic E-state index is 13.0. The van der Waals surface area contributed by atoms with Crippen LogP contribution >= 0.6 is 0 Å². The van der Waals surface area contributed by atoms with E-state index in [9.17, 15) is 9.18 Å². The van der Waals surface area contributed by atoms with E-state index >= 15 is 0 Å². The Labute approximate surface area is 121 Å². The lowest BCUT2D eigenvalue weighted by Gasteiger charge is -2.32. The van der Waals surface area contributed by atoms with Crippen molar-refractivity contribution in [3.63, 3.8) is 0 Å². The van der Waals surface area contributed by atoms with Crippen molar-refractivity contribution in [2.75, 3.05) is 19.7 Å². The van der Waals surface area contributed by atoms with Crippen LogP contribution in [0, 0.1) is 12.7 Å². The molecule has 2 heterocycles. The van der Waals surface area contributed by atoms with Gasteiger partial charge in [-0.05, 0) is 24.6 Å². The molecule has 0 radical (unpaired) electrons. The number of amides is 1. The number of rotatable bonds is 2. The molecule has 110 valence electrons. The molecule has 1 aliphatic heterocycles. The van der Waals surface area contributed by atoms with Gasteiger partial charge in [-0.1, -0.05) is 17.3 Å². The van der Waals surface area contributed by atoms with E-state index < -0.39 is 0 Å². The average molecular weight is 290 g/mol. The third-order valence-corrected chi connectivity index (χ3v) is 3.43. The van der Waals surface area contributed by atoms with Crippen LogP contribution in [0.15, 0.2) is 34.9 Å². The molecule has 1 fully saturated rings. The summed E-state index contributed by atoms with van der Waals surface area (Å²) in [6, 6.07) is 7.74. The number of benzene rings is 1. The Kier molecular flexibility index (Phi) is 3.70. The highest BCUT2D eigenvalue weighted by molar-refractivity contribution is 5.91. The quantitative estimate of drug-likeness (QED) is 0.852. The van der Waals surface area contributed by atoms with E-state index in [2.05, 4.69) is 5.16 Å².